The van der Waals surface area contributed by atoms with Crippen LogP contribution in [0.3, 0.4) is 0 Å². The van der Waals surface area contributed by atoms with Crippen LogP contribution in [0.5, 0.6) is 0 Å². The van der Waals surface area contributed by atoms with Gasteiger partial charge in [0.1, 0.15) is 17.7 Å². The van der Waals surface area contributed by atoms with Crippen LogP contribution in [0.2, 0.25) is 0 Å². The van der Waals surface area contributed by atoms with Crippen molar-refractivity contribution in [2.75, 3.05) is 4.90 Å². The zero-order chi connectivity index (χ0) is 25.5. The van der Waals surface area contributed by atoms with Crippen LogP contribution in [-0.2, 0) is 0 Å². The smallest absolute Gasteiger partial charge is 0.275 e. The van der Waals surface area contributed by atoms with Gasteiger partial charge in [-0.05, 0) is 56.3 Å². The predicted molar refractivity (Wildman–Crippen MR) is 148 cm³/mol. The first kappa shape index (κ1) is 22.9. The van der Waals surface area contributed by atoms with E-state index in [1.807, 2.05) is 66.6 Å². The van der Waals surface area contributed by atoms with E-state index in [1.54, 1.807) is 12.1 Å². The van der Waals surface area contributed by atoms with Gasteiger partial charge in [-0.15, -0.1) is 0 Å². The Morgan fingerprint density at radius 2 is 1.65 bits per heavy atom. The summed E-state index contributed by atoms with van der Waals surface area (Å²) in [6.45, 7) is 4.11. The van der Waals surface area contributed by atoms with Gasteiger partial charge >= 0.3 is 0 Å². The third-order valence-corrected chi connectivity index (χ3v) is 7.46. The lowest BCUT2D eigenvalue weighted by atomic mass is 10.0. The largest absolute Gasteiger partial charge is 0.286 e. The maximum atomic E-state index is 12.0. The second kappa shape index (κ2) is 9.15. The Bertz CT molecular complexity index is 1670. The van der Waals surface area contributed by atoms with Crippen molar-refractivity contribution in [3.63, 3.8) is 0 Å². The van der Waals surface area contributed by atoms with Gasteiger partial charge in [-0.3, -0.25) is 24.6 Å². The van der Waals surface area contributed by atoms with E-state index in [4.69, 9.17) is 9.98 Å². The fourth-order valence-electron chi connectivity index (χ4n) is 4.53. The van der Waals surface area contributed by atoms with Crippen molar-refractivity contribution in [2.45, 2.75) is 19.9 Å². The van der Waals surface area contributed by atoms with Crippen LogP contribution in [0.1, 0.15) is 27.6 Å². The highest BCUT2D eigenvalue weighted by atomic mass is 32.1. The molecule has 1 atom stereocenters. The third kappa shape index (κ3) is 4.11. The number of rotatable bonds is 4. The first-order chi connectivity index (χ1) is 18.0. The predicted octanol–water partition coefficient (Wildman–Crippen LogP) is 6.69. The number of aliphatic imine (C=N–C) groups is 1. The molecule has 0 saturated heterocycles. The molecular weight excluding hydrogens is 482 g/mol. The highest BCUT2D eigenvalue weighted by molar-refractivity contribution is 7.10. The average Bonchev–Trinajstić information content (AvgIpc) is 3.29. The summed E-state index contributed by atoms with van der Waals surface area (Å²) in [5.74, 6) is 1.60. The number of aryl methyl sites for hydroxylation is 2. The van der Waals surface area contributed by atoms with Gasteiger partial charge < -0.3 is 0 Å². The van der Waals surface area contributed by atoms with Crippen LogP contribution in [0.25, 0.3) is 5.69 Å². The van der Waals surface area contributed by atoms with Crippen molar-refractivity contribution in [1.29, 1.82) is 0 Å². The molecule has 37 heavy (non-hydrogen) atoms. The van der Waals surface area contributed by atoms with Crippen molar-refractivity contribution in [1.82, 2.24) is 4.57 Å². The molecule has 3 heterocycles. The lowest BCUT2D eigenvalue weighted by molar-refractivity contribution is -0.385. The standard InChI is InChI=1S/C29H23N5O2S/c1-19-10-14-21(15-11-19)30-29-33(22-16-12-20(2)13-17-22)28-27(37-29)26(31-25-9-5-6-18-32(25)28)23-7-3-4-8-24(23)34(35)36/h3-18,26H,1-2H3. The molecule has 4 aromatic rings. The minimum atomic E-state index is -0.539. The van der Waals surface area contributed by atoms with Crippen LogP contribution >= 0.6 is 11.3 Å². The van der Waals surface area contributed by atoms with E-state index in [0.29, 0.717) is 5.56 Å². The molecule has 8 heteroatoms. The Morgan fingerprint density at radius 3 is 2.38 bits per heavy atom. The maximum Gasteiger partial charge on any atom is 0.275 e. The Hall–Kier alpha value is -4.56. The van der Waals surface area contributed by atoms with Gasteiger partial charge in [-0.2, -0.15) is 0 Å². The molecule has 182 valence electrons. The number of aromatic nitrogens is 1. The SMILES string of the molecule is Cc1ccc(N=c2sc3c(n2-c2ccc(C)cc2)N2C=CC=CC2=NC3c2ccccc2[N+](=O)[O-])cc1. The molecule has 0 N–H and O–H groups in total. The summed E-state index contributed by atoms with van der Waals surface area (Å²) in [7, 11) is 0. The summed E-state index contributed by atoms with van der Waals surface area (Å²) in [4.78, 5) is 25.3. The molecule has 0 fully saturated rings. The highest BCUT2D eigenvalue weighted by Gasteiger charge is 2.36. The topological polar surface area (TPSA) is 76.0 Å². The number of amidine groups is 1. The van der Waals surface area contributed by atoms with E-state index < -0.39 is 6.04 Å². The van der Waals surface area contributed by atoms with Crippen molar-refractivity contribution >= 4 is 34.4 Å². The summed E-state index contributed by atoms with van der Waals surface area (Å²) in [5, 5.41) is 12.0. The summed E-state index contributed by atoms with van der Waals surface area (Å²) >= 11 is 1.51. The first-order valence-corrected chi connectivity index (χ1v) is 12.7. The van der Waals surface area contributed by atoms with E-state index in [1.165, 1.54) is 17.4 Å². The molecule has 0 amide bonds. The van der Waals surface area contributed by atoms with Gasteiger partial charge in [-0.25, -0.2) is 4.99 Å². The number of fused-ring (bicyclic) bond motifs is 3. The number of hydrogen-bond acceptors (Lipinski definition) is 6. The molecule has 2 aliphatic heterocycles. The minimum Gasteiger partial charge on any atom is -0.286 e. The second-order valence-corrected chi connectivity index (χ2v) is 9.98. The van der Waals surface area contributed by atoms with Gasteiger partial charge in [0.05, 0.1) is 21.1 Å². The molecule has 3 aromatic carbocycles. The number of hydrogen-bond donors (Lipinski definition) is 0. The Labute approximate surface area is 217 Å². The average molecular weight is 506 g/mol. The molecule has 1 unspecified atom stereocenters. The van der Waals surface area contributed by atoms with Crippen LogP contribution in [0, 0.1) is 24.0 Å². The number of nitrogens with zero attached hydrogens (tertiary/aromatic N) is 5. The molecular formula is C29H23N5O2S. The number of benzene rings is 3. The van der Waals surface area contributed by atoms with Gasteiger partial charge in [0.25, 0.3) is 5.69 Å². The highest BCUT2D eigenvalue weighted by Crippen LogP contribution is 2.44. The van der Waals surface area contributed by atoms with Gasteiger partial charge in [0.2, 0.25) is 0 Å². The summed E-state index contributed by atoms with van der Waals surface area (Å²) in [6.07, 6.45) is 7.79. The van der Waals surface area contributed by atoms with Gasteiger partial charge in [0, 0.05) is 18.0 Å². The fourth-order valence-corrected chi connectivity index (χ4v) is 5.73. The molecule has 6 rings (SSSR count). The van der Waals surface area contributed by atoms with Crippen molar-refractivity contribution in [3.05, 3.63) is 134 Å². The minimum absolute atomic E-state index is 0.0545. The number of thiazole rings is 1. The van der Waals surface area contributed by atoms with Crippen LogP contribution < -0.4 is 9.70 Å². The number of nitro benzene ring substituents is 1. The van der Waals surface area contributed by atoms with Crippen LogP contribution in [-0.4, -0.2) is 15.3 Å². The van der Waals surface area contributed by atoms with Crippen molar-refractivity contribution < 1.29 is 4.92 Å². The number of allylic oxidation sites excluding steroid dienone is 2. The van der Waals surface area contributed by atoms with E-state index in [9.17, 15) is 10.1 Å². The van der Waals surface area contributed by atoms with Crippen LogP contribution in [0.15, 0.2) is 107 Å². The molecule has 7 nitrogen and oxygen atoms in total. The van der Waals surface area contributed by atoms with Crippen molar-refractivity contribution in [3.8, 4) is 5.69 Å². The van der Waals surface area contributed by atoms with E-state index in [-0.39, 0.29) is 10.6 Å². The van der Waals surface area contributed by atoms with Crippen molar-refractivity contribution in [2.24, 2.45) is 9.98 Å². The zero-order valence-corrected chi connectivity index (χ0v) is 21.1. The zero-order valence-electron chi connectivity index (χ0n) is 20.3. The van der Waals surface area contributed by atoms with E-state index in [0.717, 1.165) is 43.8 Å². The summed E-state index contributed by atoms with van der Waals surface area (Å²) in [5.41, 5.74) is 4.73. The maximum absolute atomic E-state index is 12.0. The Kier molecular flexibility index (Phi) is 5.65. The number of para-hydroxylation sites is 1. The summed E-state index contributed by atoms with van der Waals surface area (Å²) in [6, 6.07) is 22.7. The first-order valence-electron chi connectivity index (χ1n) is 11.9. The molecule has 0 aliphatic carbocycles. The quantitative estimate of drug-likeness (QED) is 0.229. The van der Waals surface area contributed by atoms with Crippen LogP contribution in [0.4, 0.5) is 17.2 Å². The second-order valence-electron chi connectivity index (χ2n) is 8.97. The van der Waals surface area contributed by atoms with E-state index >= 15 is 0 Å². The lowest BCUT2D eigenvalue weighted by Crippen LogP contribution is -2.33. The molecule has 0 saturated carbocycles. The third-order valence-electron chi connectivity index (χ3n) is 6.38. The summed E-state index contributed by atoms with van der Waals surface area (Å²) < 4.78 is 2.12. The Balaban J connectivity index is 1.67. The molecule has 0 radical (unpaired) electrons. The lowest BCUT2D eigenvalue weighted by Gasteiger charge is -2.31. The van der Waals surface area contributed by atoms with E-state index in [2.05, 4.69) is 35.8 Å². The monoisotopic (exact) mass is 505 g/mol. The molecule has 1 aromatic heterocycles. The molecule has 0 bridgehead atoms. The normalized spacial score (nSPS) is 16.4. The van der Waals surface area contributed by atoms with Gasteiger partial charge in [0.15, 0.2) is 4.80 Å². The number of anilines is 1. The molecule has 0 spiro atoms. The van der Waals surface area contributed by atoms with Gasteiger partial charge in [-0.1, -0.05) is 64.9 Å². The molecule has 2 aliphatic rings. The Morgan fingerprint density at radius 1 is 0.946 bits per heavy atom. The number of nitro groups is 1. The fraction of sp³-hybridized carbons (Fsp3) is 0.103.